The van der Waals surface area contributed by atoms with Gasteiger partial charge in [0.2, 0.25) is 0 Å². The standard InChI is InChI=1S/C25H24F3N5O2/c1-14-10-31(13-29-14)21-7-8-22-24(35)32(15(2)11-33(22)23(21)34)12-19-16(3)30(4)20-6-5-17(9-18(19)20)25(26,27)28/h5-10,13,15H,11-12H2,1-4H3. The van der Waals surface area contributed by atoms with Crippen LogP contribution in [0.1, 0.15) is 39.9 Å². The second-order valence-corrected chi connectivity index (χ2v) is 9.08. The Morgan fingerprint density at radius 1 is 1.11 bits per heavy atom. The molecular weight excluding hydrogens is 459 g/mol. The van der Waals surface area contributed by atoms with Gasteiger partial charge < -0.3 is 18.6 Å². The monoisotopic (exact) mass is 483 g/mol. The van der Waals surface area contributed by atoms with E-state index in [1.807, 2.05) is 25.3 Å². The van der Waals surface area contributed by atoms with E-state index in [9.17, 15) is 22.8 Å². The molecule has 1 amide bonds. The minimum atomic E-state index is -4.46. The Balaban J connectivity index is 1.55. The molecule has 5 rings (SSSR count). The number of rotatable bonds is 3. The molecule has 7 nitrogen and oxygen atoms in total. The third-order valence-corrected chi connectivity index (χ3v) is 6.88. The van der Waals surface area contributed by atoms with E-state index in [-0.39, 0.29) is 36.3 Å². The van der Waals surface area contributed by atoms with Gasteiger partial charge in [-0.25, -0.2) is 4.98 Å². The summed E-state index contributed by atoms with van der Waals surface area (Å²) in [6, 6.07) is 6.56. The van der Waals surface area contributed by atoms with Crippen LogP contribution in [0, 0.1) is 13.8 Å². The maximum Gasteiger partial charge on any atom is 0.416 e. The van der Waals surface area contributed by atoms with Crippen LogP contribution in [0.15, 0.2) is 47.7 Å². The van der Waals surface area contributed by atoms with Gasteiger partial charge in [0.25, 0.3) is 11.5 Å². The maximum absolute atomic E-state index is 13.5. The molecule has 0 bridgehead atoms. The topological polar surface area (TPSA) is 65.1 Å². The molecule has 1 aliphatic heterocycles. The van der Waals surface area contributed by atoms with Crippen molar-refractivity contribution < 1.29 is 18.0 Å². The first-order valence-electron chi connectivity index (χ1n) is 11.2. The zero-order valence-electron chi connectivity index (χ0n) is 19.7. The number of amides is 1. The summed E-state index contributed by atoms with van der Waals surface area (Å²) in [5, 5.41) is 0.466. The first kappa shape index (κ1) is 22.9. The van der Waals surface area contributed by atoms with Crippen molar-refractivity contribution in [2.24, 2.45) is 7.05 Å². The lowest BCUT2D eigenvalue weighted by Gasteiger charge is -2.35. The zero-order chi connectivity index (χ0) is 25.2. The number of aromatic nitrogens is 4. The smallest absolute Gasteiger partial charge is 0.348 e. The van der Waals surface area contributed by atoms with Crippen molar-refractivity contribution in [3.05, 3.63) is 81.4 Å². The summed E-state index contributed by atoms with van der Waals surface area (Å²) in [6.07, 6.45) is -1.17. The zero-order valence-corrected chi connectivity index (χ0v) is 19.7. The van der Waals surface area contributed by atoms with Crippen molar-refractivity contribution in [1.29, 1.82) is 0 Å². The van der Waals surface area contributed by atoms with Crippen LogP contribution in [0.5, 0.6) is 0 Å². The van der Waals surface area contributed by atoms with Crippen molar-refractivity contribution in [2.45, 2.75) is 46.1 Å². The average molecular weight is 483 g/mol. The SMILES string of the molecule is Cc1cn(-c2ccc3n(c2=O)CC(C)N(Cc2c(C)n(C)c4ccc(C(F)(F)F)cc24)C3=O)cn1. The minimum absolute atomic E-state index is 0.140. The van der Waals surface area contributed by atoms with E-state index >= 15 is 0 Å². The molecule has 35 heavy (non-hydrogen) atoms. The van der Waals surface area contributed by atoms with Crippen LogP contribution in [0.2, 0.25) is 0 Å². The molecule has 10 heteroatoms. The van der Waals surface area contributed by atoms with Gasteiger partial charge in [0, 0.05) is 54.5 Å². The van der Waals surface area contributed by atoms with Crippen LogP contribution in [-0.2, 0) is 26.3 Å². The summed E-state index contributed by atoms with van der Waals surface area (Å²) in [5.41, 5.74) is 2.50. The summed E-state index contributed by atoms with van der Waals surface area (Å²) >= 11 is 0. The second-order valence-electron chi connectivity index (χ2n) is 9.08. The number of hydrogen-bond acceptors (Lipinski definition) is 3. The van der Waals surface area contributed by atoms with Gasteiger partial charge in [-0.15, -0.1) is 0 Å². The van der Waals surface area contributed by atoms with Gasteiger partial charge in [-0.1, -0.05) is 0 Å². The molecule has 1 aromatic carbocycles. The van der Waals surface area contributed by atoms with E-state index in [1.165, 1.54) is 10.6 Å². The quantitative estimate of drug-likeness (QED) is 0.439. The van der Waals surface area contributed by atoms with Gasteiger partial charge >= 0.3 is 6.18 Å². The summed E-state index contributed by atoms with van der Waals surface area (Å²) < 4.78 is 45.1. The lowest BCUT2D eigenvalue weighted by Crippen LogP contribution is -2.49. The van der Waals surface area contributed by atoms with Crippen molar-refractivity contribution >= 4 is 16.8 Å². The first-order valence-corrected chi connectivity index (χ1v) is 11.2. The highest BCUT2D eigenvalue weighted by molar-refractivity contribution is 5.94. The summed E-state index contributed by atoms with van der Waals surface area (Å²) in [4.78, 5) is 32.4. The second kappa shape index (κ2) is 7.86. The third-order valence-electron chi connectivity index (χ3n) is 6.88. The van der Waals surface area contributed by atoms with Crippen LogP contribution in [0.4, 0.5) is 13.2 Å². The highest BCUT2D eigenvalue weighted by atomic mass is 19.4. The molecule has 4 heterocycles. The number of halogens is 3. The number of hydrogen-bond donors (Lipinski definition) is 0. The van der Waals surface area contributed by atoms with Gasteiger partial charge in [0.05, 0.1) is 17.6 Å². The molecule has 0 aliphatic carbocycles. The van der Waals surface area contributed by atoms with Gasteiger partial charge in [-0.3, -0.25) is 9.59 Å². The Morgan fingerprint density at radius 2 is 1.86 bits per heavy atom. The van der Waals surface area contributed by atoms with E-state index in [4.69, 9.17) is 0 Å². The molecular formula is C25H24F3N5O2. The maximum atomic E-state index is 13.5. The van der Waals surface area contributed by atoms with E-state index in [2.05, 4.69) is 4.98 Å². The number of carbonyl (C=O) groups excluding carboxylic acids is 1. The Morgan fingerprint density at radius 3 is 2.51 bits per heavy atom. The number of nitrogens with zero attached hydrogens (tertiary/aromatic N) is 5. The summed E-state index contributed by atoms with van der Waals surface area (Å²) in [6.45, 7) is 5.91. The number of aryl methyl sites for hydroxylation is 2. The predicted molar refractivity (Wildman–Crippen MR) is 125 cm³/mol. The number of benzene rings is 1. The predicted octanol–water partition coefficient (Wildman–Crippen LogP) is 4.21. The van der Waals surface area contributed by atoms with Gasteiger partial charge in [0.1, 0.15) is 11.4 Å². The van der Waals surface area contributed by atoms with Crippen LogP contribution < -0.4 is 5.56 Å². The molecule has 1 aliphatic rings. The van der Waals surface area contributed by atoms with Gasteiger partial charge in [-0.05, 0) is 51.1 Å². The van der Waals surface area contributed by atoms with Crippen LogP contribution in [0.25, 0.3) is 16.6 Å². The van der Waals surface area contributed by atoms with Crippen LogP contribution in [0.3, 0.4) is 0 Å². The van der Waals surface area contributed by atoms with E-state index in [1.54, 1.807) is 41.2 Å². The molecule has 3 aromatic heterocycles. The van der Waals surface area contributed by atoms with Crippen molar-refractivity contribution in [3.63, 3.8) is 0 Å². The number of carbonyl (C=O) groups is 1. The molecule has 4 aromatic rings. The molecule has 0 spiro atoms. The van der Waals surface area contributed by atoms with E-state index in [0.717, 1.165) is 23.5 Å². The molecule has 0 fully saturated rings. The summed E-state index contributed by atoms with van der Waals surface area (Å²) in [7, 11) is 1.80. The largest absolute Gasteiger partial charge is 0.416 e. The number of imidazole rings is 1. The summed E-state index contributed by atoms with van der Waals surface area (Å²) in [5.74, 6) is -0.336. The van der Waals surface area contributed by atoms with Crippen LogP contribution in [-0.4, -0.2) is 35.5 Å². The fourth-order valence-electron chi connectivity index (χ4n) is 4.82. The van der Waals surface area contributed by atoms with Crippen LogP contribution >= 0.6 is 0 Å². The van der Waals surface area contributed by atoms with Crippen molar-refractivity contribution in [1.82, 2.24) is 23.6 Å². The highest BCUT2D eigenvalue weighted by Crippen LogP contribution is 2.35. The highest BCUT2D eigenvalue weighted by Gasteiger charge is 2.34. The average Bonchev–Trinajstić information content (AvgIpc) is 3.33. The fraction of sp³-hybridized carbons (Fsp3) is 0.320. The molecule has 1 atom stereocenters. The first-order chi connectivity index (χ1) is 16.5. The molecule has 0 radical (unpaired) electrons. The molecule has 0 saturated carbocycles. The normalized spacial score (nSPS) is 16.3. The molecule has 0 N–H and O–H groups in total. The lowest BCUT2D eigenvalue weighted by molar-refractivity contribution is -0.137. The Labute approximate surface area is 199 Å². The Bertz CT molecular complexity index is 1540. The Hall–Kier alpha value is -3.82. The number of fused-ring (bicyclic) bond motifs is 2. The minimum Gasteiger partial charge on any atom is -0.348 e. The molecule has 1 unspecified atom stereocenters. The third kappa shape index (κ3) is 3.64. The van der Waals surface area contributed by atoms with E-state index < -0.39 is 11.7 Å². The lowest BCUT2D eigenvalue weighted by atomic mass is 10.0. The molecule has 0 saturated heterocycles. The van der Waals surface area contributed by atoms with Gasteiger partial charge in [-0.2, -0.15) is 13.2 Å². The Kier molecular flexibility index (Phi) is 5.15. The van der Waals surface area contributed by atoms with Crippen molar-refractivity contribution in [2.75, 3.05) is 0 Å². The number of pyridine rings is 1. The number of alkyl halides is 3. The van der Waals surface area contributed by atoms with E-state index in [0.29, 0.717) is 22.2 Å². The van der Waals surface area contributed by atoms with Gasteiger partial charge in [0.15, 0.2) is 0 Å². The van der Waals surface area contributed by atoms with Crippen molar-refractivity contribution in [3.8, 4) is 5.69 Å². The molecule has 182 valence electrons. The fourth-order valence-corrected chi connectivity index (χ4v) is 4.82.